The fraction of sp³-hybridized carbons (Fsp3) is 0.650. The summed E-state index contributed by atoms with van der Waals surface area (Å²) in [4.78, 5) is 14.4. The number of carbonyl (C=O) groups excluding carboxylic acids is 1. The van der Waals surface area contributed by atoms with Crippen molar-refractivity contribution in [3.05, 3.63) is 29.6 Å². The molecule has 1 aliphatic heterocycles. The molecule has 1 aliphatic carbocycles. The summed E-state index contributed by atoms with van der Waals surface area (Å²) in [6.45, 7) is 7.81. The van der Waals surface area contributed by atoms with Crippen LogP contribution in [0.2, 0.25) is 0 Å². The van der Waals surface area contributed by atoms with Crippen molar-refractivity contribution in [2.45, 2.75) is 58.5 Å². The van der Waals surface area contributed by atoms with Gasteiger partial charge in [0.25, 0.3) is 0 Å². The molecule has 138 valence electrons. The zero-order chi connectivity index (χ0) is 18.2. The van der Waals surface area contributed by atoms with E-state index in [1.165, 1.54) is 6.07 Å². The Morgan fingerprint density at radius 1 is 1.36 bits per heavy atom. The summed E-state index contributed by atoms with van der Waals surface area (Å²) in [5.41, 5.74) is 7.83. The maximum Gasteiger partial charge on any atom is 0.220 e. The summed E-state index contributed by atoms with van der Waals surface area (Å²) >= 11 is 0. The predicted molar refractivity (Wildman–Crippen MR) is 99.0 cm³/mol. The highest BCUT2D eigenvalue weighted by atomic mass is 19.1. The van der Waals surface area contributed by atoms with Crippen molar-refractivity contribution in [2.75, 3.05) is 18.0 Å². The fourth-order valence-corrected chi connectivity index (χ4v) is 4.04. The Morgan fingerprint density at radius 3 is 2.64 bits per heavy atom. The first-order valence-corrected chi connectivity index (χ1v) is 9.33. The number of nitrogens with two attached hydrogens (primary N) is 1. The lowest BCUT2D eigenvalue weighted by atomic mass is 9.58. The van der Waals surface area contributed by atoms with Gasteiger partial charge in [-0.05, 0) is 55.2 Å². The first-order chi connectivity index (χ1) is 11.8. The largest absolute Gasteiger partial charge is 0.369 e. The van der Waals surface area contributed by atoms with E-state index in [4.69, 9.17) is 5.73 Å². The van der Waals surface area contributed by atoms with Crippen LogP contribution in [0, 0.1) is 24.1 Å². The molecule has 4 nitrogen and oxygen atoms in total. The van der Waals surface area contributed by atoms with Crippen LogP contribution >= 0.6 is 0 Å². The molecule has 2 aliphatic rings. The van der Waals surface area contributed by atoms with Gasteiger partial charge in [0, 0.05) is 31.6 Å². The number of aryl methyl sites for hydroxylation is 1. The number of rotatable bonds is 4. The number of nitrogens with zero attached hydrogens (tertiary/aromatic N) is 1. The number of halogens is 1. The smallest absolute Gasteiger partial charge is 0.220 e. The molecule has 2 fully saturated rings. The topological polar surface area (TPSA) is 58.4 Å². The van der Waals surface area contributed by atoms with Crippen LogP contribution in [0.3, 0.4) is 0 Å². The number of piperidine rings is 1. The quantitative estimate of drug-likeness (QED) is 0.880. The average Bonchev–Trinajstić information content (AvgIpc) is 2.57. The Balaban J connectivity index is 1.48. The first-order valence-electron chi connectivity index (χ1n) is 9.33. The van der Waals surface area contributed by atoms with Gasteiger partial charge in [0.1, 0.15) is 5.82 Å². The van der Waals surface area contributed by atoms with Crippen molar-refractivity contribution in [3.63, 3.8) is 0 Å². The van der Waals surface area contributed by atoms with E-state index in [1.807, 2.05) is 13.0 Å². The fourth-order valence-electron chi connectivity index (χ4n) is 4.04. The van der Waals surface area contributed by atoms with Crippen molar-refractivity contribution in [1.82, 2.24) is 5.32 Å². The highest BCUT2D eigenvalue weighted by Gasteiger charge is 2.46. The van der Waals surface area contributed by atoms with Gasteiger partial charge in [-0.3, -0.25) is 4.79 Å². The molecule has 3 N–H and O–H groups in total. The van der Waals surface area contributed by atoms with Gasteiger partial charge in [0.15, 0.2) is 0 Å². The van der Waals surface area contributed by atoms with Crippen LogP contribution in [0.1, 0.15) is 45.1 Å². The van der Waals surface area contributed by atoms with Crippen LogP contribution in [-0.4, -0.2) is 31.1 Å². The molecule has 0 radical (unpaired) electrons. The monoisotopic (exact) mass is 347 g/mol. The van der Waals surface area contributed by atoms with Gasteiger partial charge in [-0.25, -0.2) is 4.39 Å². The molecule has 25 heavy (non-hydrogen) atoms. The van der Waals surface area contributed by atoms with Gasteiger partial charge in [0.2, 0.25) is 5.91 Å². The third kappa shape index (κ3) is 3.81. The number of nitrogens with one attached hydrogen (secondary N) is 1. The molecule has 1 saturated heterocycles. The molecule has 1 aromatic carbocycles. The van der Waals surface area contributed by atoms with E-state index in [0.29, 0.717) is 18.0 Å². The maximum absolute atomic E-state index is 14.0. The lowest BCUT2D eigenvalue weighted by Gasteiger charge is -2.50. The molecule has 0 aromatic heterocycles. The molecule has 1 amide bonds. The zero-order valence-electron chi connectivity index (χ0n) is 15.5. The highest BCUT2D eigenvalue weighted by molar-refractivity contribution is 5.76. The van der Waals surface area contributed by atoms with Crippen LogP contribution in [0.15, 0.2) is 18.2 Å². The number of amides is 1. The van der Waals surface area contributed by atoms with Gasteiger partial charge in [-0.15, -0.1) is 0 Å². The van der Waals surface area contributed by atoms with Crippen LogP contribution in [0.5, 0.6) is 0 Å². The van der Waals surface area contributed by atoms with Gasteiger partial charge in [-0.2, -0.15) is 0 Å². The van der Waals surface area contributed by atoms with E-state index in [-0.39, 0.29) is 29.2 Å². The number of anilines is 1. The van der Waals surface area contributed by atoms with Gasteiger partial charge in [0.05, 0.1) is 5.69 Å². The Hall–Kier alpha value is -1.62. The molecular weight excluding hydrogens is 317 g/mol. The minimum absolute atomic E-state index is 0.0589. The van der Waals surface area contributed by atoms with Crippen molar-refractivity contribution >= 4 is 11.6 Å². The van der Waals surface area contributed by atoms with Crippen molar-refractivity contribution < 1.29 is 9.18 Å². The third-order valence-corrected chi connectivity index (χ3v) is 6.28. The van der Waals surface area contributed by atoms with Gasteiger partial charge < -0.3 is 16.0 Å². The number of benzene rings is 1. The van der Waals surface area contributed by atoms with Crippen LogP contribution in [0.25, 0.3) is 0 Å². The molecule has 1 aromatic rings. The second kappa shape index (κ2) is 6.94. The summed E-state index contributed by atoms with van der Waals surface area (Å²) in [5, 5.41) is 3.17. The molecule has 1 heterocycles. The summed E-state index contributed by atoms with van der Waals surface area (Å²) < 4.78 is 14.0. The molecular formula is C20H30FN3O. The molecule has 0 spiro atoms. The average molecular weight is 347 g/mol. The summed E-state index contributed by atoms with van der Waals surface area (Å²) in [6.07, 6.45) is 3.21. The van der Waals surface area contributed by atoms with Crippen molar-refractivity contribution in [2.24, 2.45) is 17.1 Å². The third-order valence-electron chi connectivity index (χ3n) is 6.28. The first kappa shape index (κ1) is 18.2. The second-order valence-corrected chi connectivity index (χ2v) is 8.35. The SMILES string of the molecule is Cc1ccc(F)c(N2CCC(NC(=O)CC3CC(N)C3(C)C)CC2)c1. The van der Waals surface area contributed by atoms with Crippen molar-refractivity contribution in [1.29, 1.82) is 0 Å². The molecule has 2 unspecified atom stereocenters. The molecule has 1 saturated carbocycles. The number of carbonyl (C=O) groups is 1. The maximum atomic E-state index is 14.0. The van der Waals surface area contributed by atoms with E-state index < -0.39 is 0 Å². The Labute approximate surface area is 150 Å². The standard InChI is InChI=1S/C20H30FN3O/c1-13-4-5-16(21)17(10-13)24-8-6-15(7-9-24)23-19(25)12-14-11-18(22)20(14,2)3/h4-5,10,14-15,18H,6-9,11-12,22H2,1-3H3,(H,23,25). The van der Waals surface area contributed by atoms with E-state index in [0.717, 1.165) is 37.9 Å². The van der Waals surface area contributed by atoms with E-state index in [9.17, 15) is 9.18 Å². The van der Waals surface area contributed by atoms with Crippen LogP contribution in [0.4, 0.5) is 10.1 Å². The van der Waals surface area contributed by atoms with Gasteiger partial charge >= 0.3 is 0 Å². The van der Waals surface area contributed by atoms with E-state index >= 15 is 0 Å². The summed E-state index contributed by atoms with van der Waals surface area (Å²) in [5.74, 6) is 0.339. The van der Waals surface area contributed by atoms with Crippen molar-refractivity contribution in [3.8, 4) is 0 Å². The molecule has 2 atom stereocenters. The molecule has 3 rings (SSSR count). The molecule has 5 heteroatoms. The molecule has 0 bridgehead atoms. The predicted octanol–water partition coefficient (Wildman–Crippen LogP) is 2.98. The minimum atomic E-state index is -0.170. The normalized spacial score (nSPS) is 26.2. The second-order valence-electron chi connectivity index (χ2n) is 8.35. The Bertz CT molecular complexity index is 638. The van der Waals surface area contributed by atoms with E-state index in [2.05, 4.69) is 24.1 Å². The number of hydrogen-bond acceptors (Lipinski definition) is 3. The lowest BCUT2D eigenvalue weighted by molar-refractivity contribution is -0.126. The van der Waals surface area contributed by atoms with Gasteiger partial charge in [-0.1, -0.05) is 19.9 Å². The van der Waals surface area contributed by atoms with Crippen LogP contribution in [-0.2, 0) is 4.79 Å². The summed E-state index contributed by atoms with van der Waals surface area (Å²) in [7, 11) is 0. The lowest BCUT2D eigenvalue weighted by Crippen LogP contribution is -2.56. The van der Waals surface area contributed by atoms with E-state index in [1.54, 1.807) is 6.07 Å². The van der Waals surface area contributed by atoms with Crippen LogP contribution < -0.4 is 16.0 Å². The Kier molecular flexibility index (Phi) is 5.05. The Morgan fingerprint density at radius 2 is 2.04 bits per heavy atom. The summed E-state index contributed by atoms with van der Waals surface area (Å²) in [6, 6.07) is 5.62. The zero-order valence-corrected chi connectivity index (χ0v) is 15.5. The minimum Gasteiger partial charge on any atom is -0.369 e. The number of hydrogen-bond donors (Lipinski definition) is 2. The highest BCUT2D eigenvalue weighted by Crippen LogP contribution is 2.46.